The molecule has 0 N–H and O–H groups in total. The predicted molar refractivity (Wildman–Crippen MR) is 186 cm³/mol. The molecular weight excluding hydrogens is 543 g/mol. The molecule has 5 heteroatoms. The monoisotopic (exact) mass is 594 g/mol. The molecule has 2 aromatic heterocycles. The van der Waals surface area contributed by atoms with Crippen LogP contribution in [0.1, 0.15) is 122 Å². The van der Waals surface area contributed by atoms with Gasteiger partial charge in [-0.3, -0.25) is 4.34 Å². The van der Waals surface area contributed by atoms with Crippen LogP contribution < -0.4 is 9.97 Å². The van der Waals surface area contributed by atoms with E-state index in [0.717, 1.165) is 23.6 Å². The van der Waals surface area contributed by atoms with Crippen LogP contribution in [-0.4, -0.2) is 21.4 Å². The van der Waals surface area contributed by atoms with Crippen molar-refractivity contribution in [1.82, 2.24) is 14.3 Å². The summed E-state index contributed by atoms with van der Waals surface area (Å²) in [5.41, 5.74) is 12.0. The number of aryl methyl sites for hydroxylation is 2. The van der Waals surface area contributed by atoms with Crippen LogP contribution in [0.4, 0.5) is 5.82 Å². The Morgan fingerprint density at radius 2 is 1.42 bits per heavy atom. The van der Waals surface area contributed by atoms with Crippen molar-refractivity contribution >= 4 is 30.4 Å². The van der Waals surface area contributed by atoms with Crippen molar-refractivity contribution in [2.75, 3.05) is 11.7 Å². The SMILES string of the molecule is CC.Cc1cccc(C)c1P1N(C)c2nc3cc(c2-c2nc4cc5c(cc4n21)C(C)(C)C(C)(C)C5(C)C)C(C)CC3(C)C. The van der Waals surface area contributed by atoms with Crippen LogP contribution in [0.2, 0.25) is 0 Å². The highest BCUT2D eigenvalue weighted by Crippen LogP contribution is 2.63. The molecular formula is C38H51N4P. The lowest BCUT2D eigenvalue weighted by Crippen LogP contribution is -2.42. The molecule has 7 rings (SSSR count). The summed E-state index contributed by atoms with van der Waals surface area (Å²) in [7, 11) is 1.33. The van der Waals surface area contributed by atoms with E-state index in [-0.39, 0.29) is 21.7 Å². The maximum absolute atomic E-state index is 5.55. The summed E-state index contributed by atoms with van der Waals surface area (Å²) in [6.45, 7) is 30.2. The summed E-state index contributed by atoms with van der Waals surface area (Å²) < 4.78 is 5.11. The minimum Gasteiger partial charge on any atom is -0.317 e. The molecule has 3 heterocycles. The topological polar surface area (TPSA) is 34.0 Å². The lowest BCUT2D eigenvalue weighted by Gasteiger charge is -2.44. The standard InChI is InChI=1S/C36H45N4P.C2H6/c1-20-14-13-15-21(2)30(20)41-39(12)31-29(23-16-28(38-31)33(4,5)19-22(23)3)32-37-26-17-24-25(18-27(26)40(32)41)35(8,9)36(10,11)34(24,6)7;1-2/h13-18,22H,19H2,1-12H3;1-2H3. The summed E-state index contributed by atoms with van der Waals surface area (Å²) in [6, 6.07) is 14.0. The molecule has 228 valence electrons. The van der Waals surface area contributed by atoms with Gasteiger partial charge >= 0.3 is 0 Å². The second kappa shape index (κ2) is 9.40. The van der Waals surface area contributed by atoms with Crippen LogP contribution >= 0.6 is 8.22 Å². The van der Waals surface area contributed by atoms with Crippen LogP contribution in [0.25, 0.3) is 22.4 Å². The Hall–Kier alpha value is -2.71. The molecule has 0 spiro atoms. The van der Waals surface area contributed by atoms with Gasteiger partial charge < -0.3 is 4.67 Å². The zero-order valence-corrected chi connectivity index (χ0v) is 29.9. The van der Waals surface area contributed by atoms with Gasteiger partial charge in [-0.2, -0.15) is 0 Å². The second-order valence-corrected chi connectivity index (χ2v) is 17.4. The van der Waals surface area contributed by atoms with Crippen molar-refractivity contribution in [3.63, 3.8) is 0 Å². The van der Waals surface area contributed by atoms with Crippen LogP contribution in [0.5, 0.6) is 0 Å². The van der Waals surface area contributed by atoms with E-state index in [9.17, 15) is 0 Å². The fourth-order valence-corrected chi connectivity index (χ4v) is 10.8. The van der Waals surface area contributed by atoms with E-state index >= 15 is 0 Å². The Balaban J connectivity index is 0.00000161. The number of anilines is 1. The predicted octanol–water partition coefficient (Wildman–Crippen LogP) is 10.1. The quantitative estimate of drug-likeness (QED) is 0.206. The third-order valence-electron chi connectivity index (χ3n) is 12.0. The molecule has 2 atom stereocenters. The highest BCUT2D eigenvalue weighted by atomic mass is 31.1. The highest BCUT2D eigenvalue weighted by Gasteiger charge is 2.57. The maximum atomic E-state index is 5.55. The first-order valence-electron chi connectivity index (χ1n) is 16.2. The van der Waals surface area contributed by atoms with Crippen molar-refractivity contribution in [2.24, 2.45) is 5.41 Å². The number of fused-ring (bicyclic) bond motifs is 9. The van der Waals surface area contributed by atoms with Crippen molar-refractivity contribution < 1.29 is 0 Å². The number of imidazole rings is 1. The summed E-state index contributed by atoms with van der Waals surface area (Å²) in [5, 5.41) is 1.41. The molecule has 2 unspecified atom stereocenters. The zero-order chi connectivity index (χ0) is 31.6. The average Bonchev–Trinajstić information content (AvgIpc) is 3.35. The molecule has 3 aliphatic rings. The summed E-state index contributed by atoms with van der Waals surface area (Å²) >= 11 is 0. The minimum atomic E-state index is -0.946. The Morgan fingerprint density at radius 1 is 0.837 bits per heavy atom. The smallest absolute Gasteiger partial charge is 0.150 e. The van der Waals surface area contributed by atoms with Crippen LogP contribution in [0.3, 0.4) is 0 Å². The number of rotatable bonds is 1. The van der Waals surface area contributed by atoms with Gasteiger partial charge in [0.15, 0.2) is 0 Å². The first-order chi connectivity index (χ1) is 20.0. The lowest BCUT2D eigenvalue weighted by molar-refractivity contribution is 0.125. The van der Waals surface area contributed by atoms with E-state index in [1.807, 2.05) is 13.8 Å². The number of hydrogen-bond donors (Lipinski definition) is 0. The lowest BCUT2D eigenvalue weighted by atomic mass is 9.59. The Bertz CT molecular complexity index is 1770. The van der Waals surface area contributed by atoms with E-state index in [1.165, 1.54) is 49.9 Å². The number of hydrogen-bond acceptors (Lipinski definition) is 3. The zero-order valence-electron chi connectivity index (χ0n) is 29.0. The Kier molecular flexibility index (Phi) is 6.63. The van der Waals surface area contributed by atoms with Crippen molar-refractivity contribution in [3.05, 3.63) is 69.9 Å². The van der Waals surface area contributed by atoms with E-state index in [2.05, 4.69) is 129 Å². The fourth-order valence-electron chi connectivity index (χ4n) is 8.28. The first kappa shape index (κ1) is 30.3. The molecule has 1 aliphatic heterocycles. The Morgan fingerprint density at radius 3 is 2.02 bits per heavy atom. The van der Waals surface area contributed by atoms with Gasteiger partial charge in [0, 0.05) is 23.5 Å². The van der Waals surface area contributed by atoms with E-state index in [4.69, 9.17) is 9.97 Å². The molecule has 0 radical (unpaired) electrons. The molecule has 4 nitrogen and oxygen atoms in total. The number of aromatic nitrogens is 3. The van der Waals surface area contributed by atoms with Gasteiger partial charge in [0.25, 0.3) is 0 Å². The van der Waals surface area contributed by atoms with Gasteiger partial charge in [-0.1, -0.05) is 94.4 Å². The molecule has 2 bridgehead atoms. The molecule has 0 amide bonds. The van der Waals surface area contributed by atoms with Gasteiger partial charge in [-0.15, -0.1) is 0 Å². The third kappa shape index (κ3) is 3.78. The van der Waals surface area contributed by atoms with Crippen molar-refractivity contribution in [3.8, 4) is 11.4 Å². The maximum Gasteiger partial charge on any atom is 0.150 e. The summed E-state index contributed by atoms with van der Waals surface area (Å²) in [4.78, 5) is 11.0. The van der Waals surface area contributed by atoms with E-state index < -0.39 is 8.22 Å². The first-order valence-corrected chi connectivity index (χ1v) is 17.5. The molecule has 0 saturated carbocycles. The van der Waals surface area contributed by atoms with Gasteiger partial charge in [0.1, 0.15) is 19.9 Å². The summed E-state index contributed by atoms with van der Waals surface area (Å²) in [6.07, 6.45) is 1.11. The van der Waals surface area contributed by atoms with Crippen molar-refractivity contribution in [1.29, 1.82) is 0 Å². The molecule has 2 aromatic carbocycles. The normalized spacial score (nSPS) is 23.3. The fraction of sp³-hybridized carbons (Fsp3) is 0.526. The number of pyridine rings is 1. The molecule has 4 aromatic rings. The Labute approximate surface area is 261 Å². The van der Waals surface area contributed by atoms with E-state index in [1.54, 1.807) is 0 Å². The largest absolute Gasteiger partial charge is 0.317 e. The average molecular weight is 595 g/mol. The molecule has 0 fully saturated rings. The molecule has 43 heavy (non-hydrogen) atoms. The van der Waals surface area contributed by atoms with Gasteiger partial charge in [0.05, 0.1) is 16.6 Å². The third-order valence-corrected chi connectivity index (χ3v) is 14.6. The van der Waals surface area contributed by atoms with E-state index in [0.29, 0.717) is 5.92 Å². The molecule has 0 saturated heterocycles. The second-order valence-electron chi connectivity index (χ2n) is 15.3. The van der Waals surface area contributed by atoms with Gasteiger partial charge in [0.2, 0.25) is 0 Å². The van der Waals surface area contributed by atoms with Crippen LogP contribution in [0, 0.1) is 19.3 Å². The minimum absolute atomic E-state index is 0.0348. The summed E-state index contributed by atoms with van der Waals surface area (Å²) in [5.74, 6) is 2.65. The van der Waals surface area contributed by atoms with Gasteiger partial charge in [-0.25, -0.2) is 9.97 Å². The number of benzene rings is 2. The van der Waals surface area contributed by atoms with Crippen molar-refractivity contribution in [2.45, 2.75) is 119 Å². The molecule has 2 aliphatic carbocycles. The van der Waals surface area contributed by atoms with Gasteiger partial charge in [-0.05, 0) is 88.4 Å². The number of nitrogens with zero attached hydrogens (tertiary/aromatic N) is 4. The van der Waals surface area contributed by atoms with Crippen LogP contribution in [0.15, 0.2) is 36.4 Å². The van der Waals surface area contributed by atoms with Crippen LogP contribution in [-0.2, 0) is 16.2 Å². The highest BCUT2D eigenvalue weighted by molar-refractivity contribution is 7.66.